The summed E-state index contributed by atoms with van der Waals surface area (Å²) in [5, 5.41) is 2.88. The lowest BCUT2D eigenvalue weighted by Crippen LogP contribution is -2.48. The molecule has 0 unspecified atom stereocenters. The number of halogens is 2. The number of rotatable bonds is 5. The summed E-state index contributed by atoms with van der Waals surface area (Å²) in [6, 6.07) is 15.1. The maximum Gasteiger partial charge on any atom is 0.254 e. The number of hydrogen-bond donors (Lipinski definition) is 0. The van der Waals surface area contributed by atoms with Crippen molar-refractivity contribution >= 4 is 46.4 Å². The second-order valence-electron chi connectivity index (χ2n) is 10.6. The van der Waals surface area contributed by atoms with Crippen LogP contribution in [0.5, 0.6) is 0 Å². The molecule has 0 fully saturated rings. The topological polar surface area (TPSA) is 40.6 Å². The zero-order valence-corrected chi connectivity index (χ0v) is 23.7. The highest BCUT2D eigenvalue weighted by molar-refractivity contribution is 7.10. The first-order chi connectivity index (χ1) is 17.0. The van der Waals surface area contributed by atoms with E-state index < -0.39 is 0 Å². The molecular weight excluding hydrogens is 511 g/mol. The Hall–Kier alpha value is -2.34. The molecule has 2 aromatic carbocycles. The van der Waals surface area contributed by atoms with Crippen molar-refractivity contribution in [3.8, 4) is 0 Å². The van der Waals surface area contributed by atoms with Gasteiger partial charge in [-0.3, -0.25) is 9.59 Å². The van der Waals surface area contributed by atoms with Crippen molar-refractivity contribution in [1.82, 2.24) is 9.80 Å². The lowest BCUT2D eigenvalue weighted by atomic mass is 9.85. The molecule has 0 bridgehead atoms. The van der Waals surface area contributed by atoms with Gasteiger partial charge in [0.1, 0.15) is 6.54 Å². The smallest absolute Gasteiger partial charge is 0.254 e. The number of hydrogen-bond acceptors (Lipinski definition) is 3. The largest absolute Gasteiger partial charge is 0.330 e. The molecule has 190 valence electrons. The standard InChI is InChI=1S/C29H32Cl2N2O2S/c1-18(2)33(28(35)20-14-22(30)16-23(31)15-20)17-26(34)32-12-10-25-24(11-13-36-25)27(32)19-6-8-21(9-7-19)29(3,4)5/h6-9,11,13-16,18,27H,10,12,17H2,1-5H3/t27-/m0/s1. The Morgan fingerprint density at radius 2 is 1.69 bits per heavy atom. The highest BCUT2D eigenvalue weighted by Crippen LogP contribution is 2.38. The molecule has 7 heteroatoms. The van der Waals surface area contributed by atoms with E-state index in [1.165, 1.54) is 16.0 Å². The van der Waals surface area contributed by atoms with E-state index in [0.717, 1.165) is 12.0 Å². The van der Waals surface area contributed by atoms with Gasteiger partial charge in [-0.2, -0.15) is 0 Å². The molecule has 0 N–H and O–H groups in total. The summed E-state index contributed by atoms with van der Waals surface area (Å²) in [4.78, 5) is 32.0. The molecule has 4 nitrogen and oxygen atoms in total. The Morgan fingerprint density at radius 3 is 2.28 bits per heavy atom. The molecule has 0 saturated heterocycles. The number of amides is 2. The van der Waals surface area contributed by atoms with Crippen LogP contribution < -0.4 is 0 Å². The van der Waals surface area contributed by atoms with Crippen LogP contribution in [0.25, 0.3) is 0 Å². The summed E-state index contributed by atoms with van der Waals surface area (Å²) >= 11 is 14.0. The highest BCUT2D eigenvalue weighted by Gasteiger charge is 2.35. The van der Waals surface area contributed by atoms with Gasteiger partial charge in [0.15, 0.2) is 0 Å². The van der Waals surface area contributed by atoms with Gasteiger partial charge in [-0.25, -0.2) is 0 Å². The zero-order valence-electron chi connectivity index (χ0n) is 21.3. The van der Waals surface area contributed by atoms with Gasteiger partial charge >= 0.3 is 0 Å². The fourth-order valence-corrected chi connectivity index (χ4v) is 6.11. The first kappa shape index (κ1) is 26.7. The van der Waals surface area contributed by atoms with Gasteiger partial charge in [0, 0.05) is 33.1 Å². The van der Waals surface area contributed by atoms with Crippen LogP contribution in [0, 0.1) is 0 Å². The Balaban J connectivity index is 1.64. The van der Waals surface area contributed by atoms with Gasteiger partial charge in [0.25, 0.3) is 5.91 Å². The summed E-state index contributed by atoms with van der Waals surface area (Å²) in [6.07, 6.45) is 0.814. The second-order valence-corrected chi connectivity index (χ2v) is 12.5. The van der Waals surface area contributed by atoms with Crippen LogP contribution in [0.4, 0.5) is 0 Å². The molecule has 4 rings (SSSR count). The summed E-state index contributed by atoms with van der Waals surface area (Å²) in [6.45, 7) is 11.0. The number of benzene rings is 2. The molecule has 0 radical (unpaired) electrons. The molecule has 2 amide bonds. The maximum absolute atomic E-state index is 13.8. The molecule has 1 atom stereocenters. The number of fused-ring (bicyclic) bond motifs is 1. The van der Waals surface area contributed by atoms with Crippen LogP contribution in [0.2, 0.25) is 10.0 Å². The third-order valence-electron chi connectivity index (χ3n) is 6.68. The van der Waals surface area contributed by atoms with Gasteiger partial charge < -0.3 is 9.80 Å². The lowest BCUT2D eigenvalue weighted by Gasteiger charge is -2.38. The SMILES string of the molecule is CC(C)N(CC(=O)N1CCc2sccc2[C@@H]1c1ccc(C(C)(C)C)cc1)C(=O)c1cc(Cl)cc(Cl)c1. The van der Waals surface area contributed by atoms with Gasteiger partial charge in [-0.1, -0.05) is 68.2 Å². The van der Waals surface area contributed by atoms with Crippen molar-refractivity contribution in [2.45, 2.75) is 58.5 Å². The van der Waals surface area contributed by atoms with Crippen LogP contribution in [0.15, 0.2) is 53.9 Å². The molecule has 3 aromatic rings. The van der Waals surface area contributed by atoms with E-state index in [9.17, 15) is 9.59 Å². The minimum Gasteiger partial charge on any atom is -0.330 e. The average Bonchev–Trinajstić information content (AvgIpc) is 3.29. The van der Waals surface area contributed by atoms with E-state index >= 15 is 0 Å². The minimum atomic E-state index is -0.262. The molecular formula is C29H32Cl2N2O2S. The minimum absolute atomic E-state index is 0.0172. The van der Waals surface area contributed by atoms with Crippen molar-refractivity contribution in [2.75, 3.05) is 13.1 Å². The Labute approximate surface area is 227 Å². The van der Waals surface area contributed by atoms with Gasteiger partial charge in [0.05, 0.1) is 6.04 Å². The first-order valence-electron chi connectivity index (χ1n) is 12.2. The molecule has 0 spiro atoms. The Kier molecular flexibility index (Phi) is 7.84. The van der Waals surface area contributed by atoms with Crippen LogP contribution >= 0.6 is 34.5 Å². The Morgan fingerprint density at radius 1 is 1.06 bits per heavy atom. The van der Waals surface area contributed by atoms with E-state index in [2.05, 4.69) is 56.5 Å². The van der Waals surface area contributed by atoms with E-state index in [0.29, 0.717) is 22.2 Å². The molecule has 0 aliphatic carbocycles. The van der Waals surface area contributed by atoms with Gasteiger partial charge in [0.2, 0.25) is 5.91 Å². The highest BCUT2D eigenvalue weighted by atomic mass is 35.5. The summed E-state index contributed by atoms with van der Waals surface area (Å²) < 4.78 is 0. The van der Waals surface area contributed by atoms with E-state index in [1.807, 2.05) is 18.7 Å². The molecule has 2 heterocycles. The fraction of sp³-hybridized carbons (Fsp3) is 0.379. The quantitative estimate of drug-likeness (QED) is 0.337. The lowest BCUT2D eigenvalue weighted by molar-refractivity contribution is -0.134. The second kappa shape index (κ2) is 10.6. The van der Waals surface area contributed by atoms with Crippen molar-refractivity contribution in [3.63, 3.8) is 0 Å². The van der Waals surface area contributed by atoms with Gasteiger partial charge in [-0.05, 0) is 72.0 Å². The van der Waals surface area contributed by atoms with Gasteiger partial charge in [-0.15, -0.1) is 11.3 Å². The number of nitrogens with zero attached hydrogens (tertiary/aromatic N) is 2. The monoisotopic (exact) mass is 542 g/mol. The van der Waals surface area contributed by atoms with Crippen LogP contribution in [-0.4, -0.2) is 40.7 Å². The maximum atomic E-state index is 13.8. The van der Waals surface area contributed by atoms with Crippen molar-refractivity contribution in [3.05, 3.63) is 91.1 Å². The third kappa shape index (κ3) is 5.64. The van der Waals surface area contributed by atoms with Crippen LogP contribution in [0.3, 0.4) is 0 Å². The number of carbonyl (C=O) groups is 2. The molecule has 36 heavy (non-hydrogen) atoms. The van der Waals surface area contributed by atoms with Crippen molar-refractivity contribution in [2.24, 2.45) is 0 Å². The molecule has 1 aliphatic heterocycles. The average molecular weight is 544 g/mol. The molecule has 1 aliphatic rings. The summed E-state index contributed by atoms with van der Waals surface area (Å²) in [5.41, 5.74) is 3.94. The normalized spacial score (nSPS) is 15.7. The van der Waals surface area contributed by atoms with E-state index in [1.54, 1.807) is 34.4 Å². The third-order valence-corrected chi connectivity index (χ3v) is 8.11. The number of carbonyl (C=O) groups excluding carboxylic acids is 2. The molecule has 1 aromatic heterocycles. The Bertz CT molecular complexity index is 1240. The summed E-state index contributed by atoms with van der Waals surface area (Å²) in [7, 11) is 0. The fourth-order valence-electron chi connectivity index (χ4n) is 4.68. The first-order valence-corrected chi connectivity index (χ1v) is 13.8. The van der Waals surface area contributed by atoms with Crippen molar-refractivity contribution in [1.29, 1.82) is 0 Å². The summed E-state index contributed by atoms with van der Waals surface area (Å²) in [5.74, 6) is -0.339. The molecule has 0 saturated carbocycles. The van der Waals surface area contributed by atoms with Crippen LogP contribution in [-0.2, 0) is 16.6 Å². The predicted molar refractivity (Wildman–Crippen MR) is 149 cm³/mol. The predicted octanol–water partition coefficient (Wildman–Crippen LogP) is 7.38. The number of thiophene rings is 1. The van der Waals surface area contributed by atoms with E-state index in [-0.39, 0.29) is 35.9 Å². The van der Waals surface area contributed by atoms with E-state index in [4.69, 9.17) is 23.2 Å². The zero-order chi connectivity index (χ0) is 26.2. The van der Waals surface area contributed by atoms with Crippen LogP contribution in [0.1, 0.15) is 72.6 Å². The van der Waals surface area contributed by atoms with Crippen molar-refractivity contribution < 1.29 is 9.59 Å².